The molecule has 0 spiro atoms. The second-order valence-corrected chi connectivity index (χ2v) is 6.75. The Morgan fingerprint density at radius 1 is 1.24 bits per heavy atom. The van der Waals surface area contributed by atoms with Crippen molar-refractivity contribution in [1.29, 1.82) is 0 Å². The van der Waals surface area contributed by atoms with Gasteiger partial charge in [0, 0.05) is 31.1 Å². The molecule has 0 aliphatic carbocycles. The molecule has 1 aromatic rings. The van der Waals surface area contributed by atoms with E-state index < -0.39 is 0 Å². The minimum atomic E-state index is 0.0641. The van der Waals surface area contributed by atoms with Crippen molar-refractivity contribution in [2.75, 3.05) is 13.1 Å². The number of hydrogen-bond donors (Lipinski definition) is 1. The summed E-state index contributed by atoms with van der Waals surface area (Å²) < 4.78 is 0. The normalized spacial score (nSPS) is 22.9. The Balaban J connectivity index is 2.12. The largest absolute Gasteiger partial charge is 0.336 e. The molecule has 1 N–H and O–H groups in total. The fourth-order valence-electron chi connectivity index (χ4n) is 2.94. The van der Waals surface area contributed by atoms with Crippen molar-refractivity contribution in [3.63, 3.8) is 0 Å². The van der Waals surface area contributed by atoms with Crippen LogP contribution >= 0.6 is 0 Å². The van der Waals surface area contributed by atoms with E-state index in [-0.39, 0.29) is 17.9 Å². The third kappa shape index (κ3) is 4.07. The van der Waals surface area contributed by atoms with Crippen LogP contribution in [0.3, 0.4) is 0 Å². The Labute approximate surface area is 128 Å². The summed E-state index contributed by atoms with van der Waals surface area (Å²) >= 11 is 0. The molecule has 21 heavy (non-hydrogen) atoms. The molecule has 116 valence electrons. The lowest BCUT2D eigenvalue weighted by molar-refractivity contribution is -0.138. The zero-order valence-electron chi connectivity index (χ0n) is 13.7. The summed E-state index contributed by atoms with van der Waals surface area (Å²) in [6.07, 6.45) is 0.928. The Morgan fingerprint density at radius 2 is 1.90 bits per heavy atom. The molecule has 1 aromatic carbocycles. The van der Waals surface area contributed by atoms with E-state index in [0.717, 1.165) is 19.5 Å². The van der Waals surface area contributed by atoms with Gasteiger partial charge in [-0.05, 0) is 17.9 Å². The highest BCUT2D eigenvalue weighted by atomic mass is 16.2. The second-order valence-electron chi connectivity index (χ2n) is 6.75. The van der Waals surface area contributed by atoms with E-state index in [1.54, 1.807) is 0 Å². The van der Waals surface area contributed by atoms with Gasteiger partial charge in [-0.1, -0.05) is 58.0 Å². The molecule has 1 aliphatic heterocycles. The third-order valence-electron chi connectivity index (χ3n) is 4.35. The molecular weight excluding hydrogens is 260 g/mol. The number of carbonyl (C=O) groups is 1. The molecule has 0 radical (unpaired) electrons. The number of piperazine rings is 1. The molecule has 2 rings (SSSR count). The molecular formula is C18H28N2O. The molecule has 0 saturated carbocycles. The predicted octanol–water partition coefficient (Wildman–Crippen LogP) is 2.71. The van der Waals surface area contributed by atoms with Gasteiger partial charge in [0.25, 0.3) is 0 Å². The van der Waals surface area contributed by atoms with E-state index in [9.17, 15) is 4.79 Å². The molecule has 3 heteroatoms. The lowest BCUT2D eigenvalue weighted by Crippen LogP contribution is -2.61. The van der Waals surface area contributed by atoms with Crippen LogP contribution in [0.5, 0.6) is 0 Å². The number of carbonyl (C=O) groups excluding carboxylic acids is 1. The lowest BCUT2D eigenvalue weighted by atomic mass is 9.95. The molecule has 1 saturated heterocycles. The number of nitrogens with zero attached hydrogens (tertiary/aromatic N) is 1. The molecule has 2 atom stereocenters. The topological polar surface area (TPSA) is 32.3 Å². The number of amides is 1. The fraction of sp³-hybridized carbons (Fsp3) is 0.611. The van der Waals surface area contributed by atoms with Gasteiger partial charge in [0.05, 0.1) is 0 Å². The van der Waals surface area contributed by atoms with Gasteiger partial charge < -0.3 is 10.2 Å². The van der Waals surface area contributed by atoms with Crippen LogP contribution in [0.25, 0.3) is 0 Å². The molecule has 3 nitrogen and oxygen atoms in total. The van der Waals surface area contributed by atoms with Gasteiger partial charge in [-0.2, -0.15) is 0 Å². The van der Waals surface area contributed by atoms with E-state index >= 15 is 0 Å². The zero-order chi connectivity index (χ0) is 15.4. The molecule has 1 aliphatic rings. The van der Waals surface area contributed by atoms with E-state index in [0.29, 0.717) is 12.0 Å². The zero-order valence-corrected chi connectivity index (χ0v) is 13.7. The number of nitrogens with one attached hydrogen (secondary N) is 1. The van der Waals surface area contributed by atoms with Crippen LogP contribution < -0.4 is 5.32 Å². The fourth-order valence-corrected chi connectivity index (χ4v) is 2.94. The van der Waals surface area contributed by atoms with Crippen LogP contribution in [0.15, 0.2) is 30.3 Å². The van der Waals surface area contributed by atoms with Gasteiger partial charge in [-0.25, -0.2) is 0 Å². The van der Waals surface area contributed by atoms with Crippen molar-refractivity contribution in [1.82, 2.24) is 10.2 Å². The standard InChI is InChI=1S/C18H28N2O/c1-13(2)17-12-20(18(21)14(3)4)16(11-19-17)10-15-8-6-5-7-9-15/h5-9,13-14,16-17,19H,10-12H2,1-4H3. The Morgan fingerprint density at radius 3 is 2.48 bits per heavy atom. The lowest BCUT2D eigenvalue weighted by Gasteiger charge is -2.42. The van der Waals surface area contributed by atoms with Crippen molar-refractivity contribution < 1.29 is 4.79 Å². The van der Waals surface area contributed by atoms with Gasteiger partial charge in [-0.3, -0.25) is 4.79 Å². The second kappa shape index (κ2) is 7.08. The number of rotatable bonds is 4. The van der Waals surface area contributed by atoms with Gasteiger partial charge in [0.15, 0.2) is 0 Å². The molecule has 2 unspecified atom stereocenters. The SMILES string of the molecule is CC(C)C(=O)N1CC(C(C)C)NCC1Cc1ccccc1. The maximum absolute atomic E-state index is 12.6. The van der Waals surface area contributed by atoms with Crippen LogP contribution in [0, 0.1) is 11.8 Å². The monoisotopic (exact) mass is 288 g/mol. The van der Waals surface area contributed by atoms with E-state index in [2.05, 4.69) is 48.3 Å². The van der Waals surface area contributed by atoms with Crippen LogP contribution in [0.2, 0.25) is 0 Å². The number of benzene rings is 1. The Hall–Kier alpha value is -1.35. The highest BCUT2D eigenvalue weighted by Crippen LogP contribution is 2.18. The van der Waals surface area contributed by atoms with Crippen molar-refractivity contribution in [3.8, 4) is 0 Å². The van der Waals surface area contributed by atoms with Gasteiger partial charge in [0.1, 0.15) is 0 Å². The van der Waals surface area contributed by atoms with Crippen molar-refractivity contribution in [3.05, 3.63) is 35.9 Å². The first-order valence-electron chi connectivity index (χ1n) is 8.06. The summed E-state index contributed by atoms with van der Waals surface area (Å²) in [5.74, 6) is 0.891. The van der Waals surface area contributed by atoms with Crippen molar-refractivity contribution >= 4 is 5.91 Å². The maximum atomic E-state index is 12.6. The molecule has 0 aromatic heterocycles. The van der Waals surface area contributed by atoms with Crippen LogP contribution in [-0.4, -0.2) is 36.0 Å². The first kappa shape index (κ1) is 16.0. The quantitative estimate of drug-likeness (QED) is 0.924. The average Bonchev–Trinajstić information content (AvgIpc) is 2.47. The van der Waals surface area contributed by atoms with E-state index in [1.165, 1.54) is 5.56 Å². The summed E-state index contributed by atoms with van der Waals surface area (Å²) in [7, 11) is 0. The van der Waals surface area contributed by atoms with Crippen LogP contribution in [-0.2, 0) is 11.2 Å². The van der Waals surface area contributed by atoms with Gasteiger partial charge >= 0.3 is 0 Å². The first-order valence-corrected chi connectivity index (χ1v) is 8.06. The van der Waals surface area contributed by atoms with Crippen LogP contribution in [0.4, 0.5) is 0 Å². The van der Waals surface area contributed by atoms with Crippen molar-refractivity contribution in [2.24, 2.45) is 11.8 Å². The smallest absolute Gasteiger partial charge is 0.225 e. The highest BCUT2D eigenvalue weighted by Gasteiger charge is 2.33. The summed E-state index contributed by atoms with van der Waals surface area (Å²) in [4.78, 5) is 14.7. The summed E-state index contributed by atoms with van der Waals surface area (Å²) in [5, 5.41) is 3.62. The Kier molecular flexibility index (Phi) is 5.40. The maximum Gasteiger partial charge on any atom is 0.225 e. The van der Waals surface area contributed by atoms with E-state index in [1.807, 2.05) is 19.9 Å². The minimum absolute atomic E-state index is 0.0641. The highest BCUT2D eigenvalue weighted by molar-refractivity contribution is 5.78. The van der Waals surface area contributed by atoms with Gasteiger partial charge in [0.2, 0.25) is 5.91 Å². The average molecular weight is 288 g/mol. The first-order chi connectivity index (χ1) is 9.99. The third-order valence-corrected chi connectivity index (χ3v) is 4.35. The molecule has 1 fully saturated rings. The van der Waals surface area contributed by atoms with Gasteiger partial charge in [-0.15, -0.1) is 0 Å². The predicted molar refractivity (Wildman–Crippen MR) is 87.1 cm³/mol. The van der Waals surface area contributed by atoms with Crippen molar-refractivity contribution in [2.45, 2.75) is 46.2 Å². The molecule has 1 amide bonds. The minimum Gasteiger partial charge on any atom is -0.336 e. The summed E-state index contributed by atoms with van der Waals surface area (Å²) in [5.41, 5.74) is 1.30. The van der Waals surface area contributed by atoms with E-state index in [4.69, 9.17) is 0 Å². The summed E-state index contributed by atoms with van der Waals surface area (Å²) in [6.45, 7) is 10.1. The Bertz CT molecular complexity index is 456. The number of hydrogen-bond acceptors (Lipinski definition) is 2. The molecule has 0 bridgehead atoms. The summed E-state index contributed by atoms with van der Waals surface area (Å²) in [6, 6.07) is 11.1. The van der Waals surface area contributed by atoms with Crippen LogP contribution in [0.1, 0.15) is 33.3 Å². The molecule has 1 heterocycles.